The minimum absolute atomic E-state index is 0.418. The van der Waals surface area contributed by atoms with Gasteiger partial charge in [-0.3, -0.25) is 4.21 Å². The van der Waals surface area contributed by atoms with Gasteiger partial charge >= 0.3 is 0 Å². The van der Waals surface area contributed by atoms with Gasteiger partial charge in [0.2, 0.25) is 0 Å². The Morgan fingerprint density at radius 1 is 1.45 bits per heavy atom. The lowest BCUT2D eigenvalue weighted by atomic mass is 10.5. The molecule has 0 aliphatic carbocycles. The Morgan fingerprint density at radius 2 is 2.09 bits per heavy atom. The van der Waals surface area contributed by atoms with E-state index in [4.69, 9.17) is 28.6 Å². The van der Waals surface area contributed by atoms with E-state index in [2.05, 4.69) is 0 Å². The third kappa shape index (κ3) is 8.30. The molecule has 0 rings (SSSR count). The fraction of sp³-hybridized carbons (Fsp3) is 0.833. The summed E-state index contributed by atoms with van der Waals surface area (Å²) in [4.78, 5) is -0.418. The molecule has 0 aromatic rings. The average molecular weight is 216 g/mol. The largest absolute Gasteiger partial charge is 0.313 e. The summed E-state index contributed by atoms with van der Waals surface area (Å²) in [6, 6.07) is 0. The Balaban J connectivity index is 3.29. The van der Waals surface area contributed by atoms with E-state index in [9.17, 15) is 4.21 Å². The van der Waals surface area contributed by atoms with Crippen molar-refractivity contribution in [2.45, 2.75) is 17.7 Å². The lowest BCUT2D eigenvalue weighted by Crippen LogP contribution is -2.05. The van der Waals surface area contributed by atoms with Crippen molar-refractivity contribution in [2.24, 2.45) is 0 Å². The van der Waals surface area contributed by atoms with Crippen LogP contribution in [-0.2, 0) is 10.8 Å². The topological polar surface area (TPSA) is 40.9 Å². The van der Waals surface area contributed by atoms with Crippen molar-refractivity contribution in [3.05, 3.63) is 0 Å². The Morgan fingerprint density at radius 3 is 2.55 bits per heavy atom. The van der Waals surface area contributed by atoms with E-state index in [1.807, 2.05) is 0 Å². The smallest absolute Gasteiger partial charge is 0.108 e. The van der Waals surface area contributed by atoms with E-state index < -0.39 is 15.6 Å². The summed E-state index contributed by atoms with van der Waals surface area (Å²) >= 11 is 10.9. The second-order valence-electron chi connectivity index (χ2n) is 2.02. The molecule has 0 saturated heterocycles. The van der Waals surface area contributed by atoms with Crippen molar-refractivity contribution < 1.29 is 4.21 Å². The molecule has 0 heterocycles. The van der Waals surface area contributed by atoms with Crippen molar-refractivity contribution in [2.75, 3.05) is 11.5 Å². The molecule has 1 N–H and O–H groups in total. The molecular formula is C6H11Cl2NOS. The molecule has 0 spiro atoms. The number of rotatable bonds is 6. The molecule has 0 saturated carbocycles. The van der Waals surface area contributed by atoms with Gasteiger partial charge in [-0.1, -0.05) is 0 Å². The second-order valence-corrected chi connectivity index (χ2v) is 4.99. The maximum absolute atomic E-state index is 11.0. The fourth-order valence-electron chi connectivity index (χ4n) is 0.513. The highest BCUT2D eigenvalue weighted by atomic mass is 35.5. The van der Waals surface area contributed by atoms with Crippen LogP contribution in [-0.4, -0.2) is 26.8 Å². The number of alkyl halides is 2. The highest BCUT2D eigenvalue weighted by molar-refractivity contribution is 7.84. The van der Waals surface area contributed by atoms with Gasteiger partial charge in [-0.2, -0.15) is 0 Å². The summed E-state index contributed by atoms with van der Waals surface area (Å²) < 4.78 is 11.0. The van der Waals surface area contributed by atoms with Crippen LogP contribution in [0.15, 0.2) is 0 Å². The van der Waals surface area contributed by atoms with E-state index in [0.717, 1.165) is 0 Å². The minimum Gasteiger partial charge on any atom is -0.313 e. The van der Waals surface area contributed by atoms with Crippen LogP contribution in [0.25, 0.3) is 0 Å². The van der Waals surface area contributed by atoms with Crippen molar-refractivity contribution >= 4 is 40.2 Å². The highest BCUT2D eigenvalue weighted by Gasteiger charge is 2.02. The molecule has 11 heavy (non-hydrogen) atoms. The third-order valence-electron chi connectivity index (χ3n) is 1.05. The van der Waals surface area contributed by atoms with Crippen LogP contribution in [0.3, 0.4) is 0 Å². The zero-order valence-electron chi connectivity index (χ0n) is 6.06. The Labute approximate surface area is 79.2 Å². The van der Waals surface area contributed by atoms with Gasteiger partial charge in [-0.05, 0) is 19.1 Å². The van der Waals surface area contributed by atoms with Crippen LogP contribution in [0.1, 0.15) is 12.8 Å². The third-order valence-corrected chi connectivity index (χ3v) is 2.87. The Bertz CT molecular complexity index is 141. The molecule has 0 aromatic carbocycles. The summed E-state index contributed by atoms with van der Waals surface area (Å²) in [6.45, 7) is 0. The highest BCUT2D eigenvalue weighted by Crippen LogP contribution is 2.07. The van der Waals surface area contributed by atoms with Crippen molar-refractivity contribution in [3.63, 3.8) is 0 Å². The molecule has 0 fully saturated rings. The quantitative estimate of drug-likeness (QED) is 0.535. The first-order valence-electron chi connectivity index (χ1n) is 3.29. The van der Waals surface area contributed by atoms with E-state index in [1.54, 1.807) is 0 Å². The van der Waals surface area contributed by atoms with Crippen LogP contribution in [0, 0.1) is 5.41 Å². The van der Waals surface area contributed by atoms with Crippen LogP contribution in [0.4, 0.5) is 0 Å². The molecule has 2 nitrogen and oxygen atoms in total. The number of hydrogen-bond donors (Lipinski definition) is 1. The summed E-state index contributed by atoms with van der Waals surface area (Å²) in [7, 11) is -0.861. The minimum atomic E-state index is -0.861. The molecule has 0 amide bonds. The lowest BCUT2D eigenvalue weighted by Gasteiger charge is -1.99. The standard InChI is InChI=1S/C6H11Cl2NOS/c7-6(8)2-5-11(10)4-1-3-9/h3,6,9H,1-2,4-5H2. The molecule has 1 atom stereocenters. The SMILES string of the molecule is N=CCCS(=O)CCC(Cl)Cl. The summed E-state index contributed by atoms with van der Waals surface area (Å²) in [6.07, 6.45) is 2.40. The van der Waals surface area contributed by atoms with Crippen molar-refractivity contribution in [3.8, 4) is 0 Å². The van der Waals surface area contributed by atoms with Gasteiger partial charge in [0.1, 0.15) is 4.84 Å². The first-order valence-corrected chi connectivity index (χ1v) is 5.65. The average Bonchev–Trinajstić information content (AvgIpc) is 1.97. The van der Waals surface area contributed by atoms with Crippen LogP contribution in [0.5, 0.6) is 0 Å². The zero-order valence-corrected chi connectivity index (χ0v) is 8.38. The maximum atomic E-state index is 11.0. The van der Waals surface area contributed by atoms with Gasteiger partial charge < -0.3 is 5.41 Å². The molecule has 0 bridgehead atoms. The molecule has 1 unspecified atom stereocenters. The van der Waals surface area contributed by atoms with E-state index in [-0.39, 0.29) is 0 Å². The predicted molar refractivity (Wildman–Crippen MR) is 51.4 cm³/mol. The normalized spacial score (nSPS) is 13.4. The first-order chi connectivity index (χ1) is 5.16. The van der Waals surface area contributed by atoms with E-state index in [0.29, 0.717) is 24.3 Å². The number of hydrogen-bond acceptors (Lipinski definition) is 2. The number of halogens is 2. The summed E-state index contributed by atoms with van der Waals surface area (Å²) in [5.41, 5.74) is 0. The Kier molecular flexibility index (Phi) is 7.33. The van der Waals surface area contributed by atoms with E-state index in [1.165, 1.54) is 6.21 Å². The van der Waals surface area contributed by atoms with Crippen molar-refractivity contribution in [1.82, 2.24) is 0 Å². The maximum Gasteiger partial charge on any atom is 0.108 e. The van der Waals surface area contributed by atoms with Gasteiger partial charge in [-0.15, -0.1) is 23.2 Å². The van der Waals surface area contributed by atoms with Gasteiger partial charge in [0.05, 0.1) is 0 Å². The van der Waals surface area contributed by atoms with Crippen LogP contribution < -0.4 is 0 Å². The lowest BCUT2D eigenvalue weighted by molar-refractivity contribution is 0.681. The first kappa shape index (κ1) is 11.4. The molecule has 0 aromatic heterocycles. The summed E-state index contributed by atoms with van der Waals surface area (Å²) in [5.74, 6) is 1.08. The molecule has 0 aliphatic heterocycles. The monoisotopic (exact) mass is 215 g/mol. The van der Waals surface area contributed by atoms with Gasteiger partial charge in [0.25, 0.3) is 0 Å². The number of nitrogens with one attached hydrogen (secondary N) is 1. The molecule has 5 heteroatoms. The Hall–Kier alpha value is 0.400. The zero-order chi connectivity index (χ0) is 8.69. The molecular weight excluding hydrogens is 205 g/mol. The van der Waals surface area contributed by atoms with E-state index >= 15 is 0 Å². The molecule has 0 aliphatic rings. The van der Waals surface area contributed by atoms with Gasteiger partial charge in [-0.25, -0.2) is 0 Å². The van der Waals surface area contributed by atoms with Crippen molar-refractivity contribution in [1.29, 1.82) is 5.41 Å². The molecule has 0 radical (unpaired) electrons. The fourth-order valence-corrected chi connectivity index (χ4v) is 2.07. The van der Waals surface area contributed by atoms with Gasteiger partial charge in [0, 0.05) is 22.3 Å². The predicted octanol–water partition coefficient (Wildman–Crippen LogP) is 1.97. The van der Waals surface area contributed by atoms with Gasteiger partial charge in [0.15, 0.2) is 0 Å². The second kappa shape index (κ2) is 7.07. The van der Waals surface area contributed by atoms with Crippen LogP contribution in [0.2, 0.25) is 0 Å². The summed E-state index contributed by atoms with van der Waals surface area (Å²) in [5, 5.41) is 6.70. The molecule has 66 valence electrons. The van der Waals surface area contributed by atoms with Crippen LogP contribution >= 0.6 is 23.2 Å².